The molecule has 278 valence electrons. The first kappa shape index (κ1) is 38.5. The van der Waals surface area contributed by atoms with Crippen LogP contribution >= 0.6 is 23.2 Å². The quantitative estimate of drug-likeness (QED) is 0.0636. The predicted octanol–water partition coefficient (Wildman–Crippen LogP) is -4.06. The highest BCUT2D eigenvalue weighted by Gasteiger charge is 2.58. The second-order valence-electron chi connectivity index (χ2n) is 12.1. The third kappa shape index (κ3) is 8.52. The zero-order chi connectivity index (χ0) is 35.5. The lowest BCUT2D eigenvalue weighted by Gasteiger charge is -2.43. The Balaban J connectivity index is 1.16. The van der Waals surface area contributed by atoms with Gasteiger partial charge in [0.1, 0.15) is 67.4 Å². The third-order valence-corrected chi connectivity index (χ3v) is 9.30. The molecule has 0 aromatic carbocycles. The average Bonchev–Trinajstić information content (AvgIpc) is 3.80. The van der Waals surface area contributed by atoms with Crippen LogP contribution in [0.4, 0.5) is 0 Å². The van der Waals surface area contributed by atoms with Gasteiger partial charge in [0.05, 0.1) is 55.2 Å². The van der Waals surface area contributed by atoms with Crippen molar-refractivity contribution in [2.24, 2.45) is 0 Å². The average molecular weight is 746 g/mol. The second-order valence-corrected chi connectivity index (χ2v) is 12.8. The maximum Gasteiger partial charge on any atom is 0.214 e. The Kier molecular flexibility index (Phi) is 13.2. The molecule has 0 saturated carbocycles. The third-order valence-electron chi connectivity index (χ3n) is 8.39. The van der Waals surface area contributed by atoms with E-state index in [0.717, 1.165) is 6.42 Å². The highest BCUT2D eigenvalue weighted by Crippen LogP contribution is 2.38. The number of hydrogen-bond acceptors (Lipinski definition) is 18. The van der Waals surface area contributed by atoms with Crippen LogP contribution in [-0.4, -0.2) is 175 Å². The summed E-state index contributed by atoms with van der Waals surface area (Å²) in [5, 5.41) is 98.2. The standard InChI is InChI=1S/C27H42Cl2N6O14/c1-2-3-44-11-35-5-12(30-33-35)4-14-18(37)21(40)23(42)25(46-14)45-9-13-6-34(32-31-13)7-15-19(38)24(43)27(10-28,48-15)49-26-22(41)20(39)17(29)16(8-36)47-26/h5-6,14-26,36-43H,2-4,7-11H2,1H3/t14-,15-,16-,17+,18+,19+,20+,21+,22-,23+,24+,25-,26-,27+/m1/s1. The first-order chi connectivity index (χ1) is 23.4. The van der Waals surface area contributed by atoms with Crippen LogP contribution in [0.15, 0.2) is 12.4 Å². The molecule has 0 bridgehead atoms. The lowest BCUT2D eigenvalue weighted by atomic mass is 9.96. The van der Waals surface area contributed by atoms with Crippen LogP contribution in [0.1, 0.15) is 24.7 Å². The van der Waals surface area contributed by atoms with Crippen molar-refractivity contribution in [1.82, 2.24) is 30.0 Å². The van der Waals surface area contributed by atoms with Gasteiger partial charge in [-0.15, -0.1) is 33.4 Å². The maximum absolute atomic E-state index is 10.9. The van der Waals surface area contributed by atoms with Crippen molar-refractivity contribution in [3.05, 3.63) is 23.8 Å². The van der Waals surface area contributed by atoms with Crippen molar-refractivity contribution in [2.75, 3.05) is 19.1 Å². The fraction of sp³-hybridized carbons (Fsp3) is 0.852. The summed E-state index contributed by atoms with van der Waals surface area (Å²) in [7, 11) is 0. The van der Waals surface area contributed by atoms with E-state index in [0.29, 0.717) is 12.3 Å². The van der Waals surface area contributed by atoms with E-state index in [9.17, 15) is 40.9 Å². The summed E-state index contributed by atoms with van der Waals surface area (Å²) in [4.78, 5) is 0. The SMILES string of the molecule is CCCOCn1cc(C[C@H]2O[C@@H](OCc3cn(C[C@H]4O[C@@](CCl)(O[C@H]5O[C@H](CO)[C@H](Cl)[C@H](O)[C@H]5O)[C@@H](O)[C@H]4O)nn3)[C@@H](O)[C@@H](O)[C@H]2O)nn1. The van der Waals surface area contributed by atoms with Gasteiger partial charge in [0.2, 0.25) is 5.79 Å². The number of hydrogen-bond donors (Lipinski definition) is 8. The monoisotopic (exact) mass is 744 g/mol. The molecule has 3 aliphatic rings. The van der Waals surface area contributed by atoms with E-state index in [1.54, 1.807) is 6.20 Å². The summed E-state index contributed by atoms with van der Waals surface area (Å²) in [5.41, 5.74) is 0.701. The van der Waals surface area contributed by atoms with E-state index in [1.165, 1.54) is 15.6 Å². The molecule has 5 heterocycles. The smallest absolute Gasteiger partial charge is 0.214 e. The Morgan fingerprint density at radius 3 is 2.22 bits per heavy atom. The van der Waals surface area contributed by atoms with Gasteiger partial charge in [-0.3, -0.25) is 0 Å². The Morgan fingerprint density at radius 1 is 0.837 bits per heavy atom. The van der Waals surface area contributed by atoms with Crippen molar-refractivity contribution >= 4 is 23.2 Å². The van der Waals surface area contributed by atoms with E-state index >= 15 is 0 Å². The highest BCUT2D eigenvalue weighted by molar-refractivity contribution is 6.21. The molecule has 49 heavy (non-hydrogen) atoms. The van der Waals surface area contributed by atoms with Gasteiger partial charge in [-0.25, -0.2) is 9.36 Å². The zero-order valence-electron chi connectivity index (χ0n) is 26.3. The molecule has 20 nitrogen and oxygen atoms in total. The maximum atomic E-state index is 10.9. The fourth-order valence-corrected chi connectivity index (χ4v) is 6.22. The highest BCUT2D eigenvalue weighted by atomic mass is 35.5. The lowest BCUT2D eigenvalue weighted by molar-refractivity contribution is -0.358. The minimum atomic E-state index is -2.10. The normalized spacial score (nSPS) is 39.9. The minimum absolute atomic E-state index is 0.0551. The molecular weight excluding hydrogens is 703 g/mol. The first-order valence-electron chi connectivity index (χ1n) is 15.6. The largest absolute Gasteiger partial charge is 0.394 e. The molecule has 0 amide bonds. The summed E-state index contributed by atoms with van der Waals surface area (Å²) >= 11 is 12.1. The molecule has 2 aromatic heterocycles. The Labute approximate surface area is 289 Å². The van der Waals surface area contributed by atoms with Crippen LogP contribution in [-0.2, 0) is 54.7 Å². The van der Waals surface area contributed by atoms with Gasteiger partial charge in [0.25, 0.3) is 0 Å². The number of aliphatic hydroxyl groups excluding tert-OH is 8. The first-order valence-corrected chi connectivity index (χ1v) is 16.6. The van der Waals surface area contributed by atoms with Gasteiger partial charge in [0.15, 0.2) is 12.6 Å². The zero-order valence-corrected chi connectivity index (χ0v) is 27.8. The summed E-state index contributed by atoms with van der Waals surface area (Å²) in [5.74, 6) is -2.64. The fourth-order valence-electron chi connectivity index (χ4n) is 5.65. The lowest BCUT2D eigenvalue weighted by Crippen LogP contribution is -2.61. The van der Waals surface area contributed by atoms with E-state index in [1.807, 2.05) is 6.92 Å². The predicted molar refractivity (Wildman–Crippen MR) is 160 cm³/mol. The number of ether oxygens (including phenoxy) is 6. The molecule has 3 saturated heterocycles. The summed E-state index contributed by atoms with van der Waals surface area (Å²) in [6.45, 7) is 1.70. The Morgan fingerprint density at radius 2 is 1.51 bits per heavy atom. The molecule has 0 aliphatic carbocycles. The Hall–Kier alpha value is -1.70. The minimum Gasteiger partial charge on any atom is -0.394 e. The molecule has 14 atom stereocenters. The summed E-state index contributed by atoms with van der Waals surface area (Å²) < 4.78 is 36.6. The molecule has 0 radical (unpaired) electrons. The number of aliphatic hydroxyl groups is 8. The van der Waals surface area contributed by atoms with Crippen molar-refractivity contribution in [2.45, 2.75) is 124 Å². The number of halogens is 2. The van der Waals surface area contributed by atoms with Gasteiger partial charge in [-0.05, 0) is 6.42 Å². The van der Waals surface area contributed by atoms with Crippen LogP contribution in [0.5, 0.6) is 0 Å². The number of alkyl halides is 2. The Bertz CT molecular complexity index is 1330. The van der Waals surface area contributed by atoms with Gasteiger partial charge in [-0.2, -0.15) is 0 Å². The van der Waals surface area contributed by atoms with Gasteiger partial charge < -0.3 is 69.3 Å². The second kappa shape index (κ2) is 16.8. The van der Waals surface area contributed by atoms with Crippen LogP contribution in [0, 0.1) is 0 Å². The van der Waals surface area contributed by atoms with Crippen LogP contribution in [0.25, 0.3) is 0 Å². The van der Waals surface area contributed by atoms with E-state index in [-0.39, 0.29) is 32.0 Å². The van der Waals surface area contributed by atoms with E-state index < -0.39 is 97.3 Å². The van der Waals surface area contributed by atoms with Gasteiger partial charge >= 0.3 is 0 Å². The van der Waals surface area contributed by atoms with Crippen molar-refractivity contribution < 1.29 is 69.3 Å². The molecule has 22 heteroatoms. The van der Waals surface area contributed by atoms with Crippen molar-refractivity contribution in [3.63, 3.8) is 0 Å². The molecule has 3 aliphatic heterocycles. The van der Waals surface area contributed by atoms with Gasteiger partial charge in [0, 0.05) is 13.0 Å². The number of nitrogens with zero attached hydrogens (tertiary/aromatic N) is 6. The van der Waals surface area contributed by atoms with Crippen molar-refractivity contribution in [3.8, 4) is 0 Å². The molecular formula is C27H42Cl2N6O14. The van der Waals surface area contributed by atoms with Crippen molar-refractivity contribution in [1.29, 1.82) is 0 Å². The number of aromatic nitrogens is 6. The van der Waals surface area contributed by atoms with Crippen LogP contribution in [0.3, 0.4) is 0 Å². The van der Waals surface area contributed by atoms with Gasteiger partial charge in [-0.1, -0.05) is 17.4 Å². The molecule has 8 N–H and O–H groups in total. The summed E-state index contributed by atoms with van der Waals surface area (Å²) in [6.07, 6.45) is -13.5. The molecule has 2 aromatic rings. The number of rotatable bonds is 15. The molecule has 3 fully saturated rings. The molecule has 5 rings (SSSR count). The summed E-state index contributed by atoms with van der Waals surface area (Å²) in [6, 6.07) is 0. The van der Waals surface area contributed by atoms with Crippen LogP contribution in [0.2, 0.25) is 0 Å². The molecule has 0 unspecified atom stereocenters. The van der Waals surface area contributed by atoms with Crippen LogP contribution < -0.4 is 0 Å². The van der Waals surface area contributed by atoms with E-state index in [2.05, 4.69) is 20.6 Å². The van der Waals surface area contributed by atoms with E-state index in [4.69, 9.17) is 51.6 Å². The topological polar surface area (TPSA) is 279 Å². The molecule has 0 spiro atoms.